The smallest absolute Gasteiger partial charge is 0.339 e. The predicted octanol–water partition coefficient (Wildman–Crippen LogP) is 2.28. The van der Waals surface area contributed by atoms with E-state index >= 15 is 0 Å². The number of nitrogens with zero attached hydrogens (tertiary/aromatic N) is 2. The van der Waals surface area contributed by atoms with Gasteiger partial charge in [0.1, 0.15) is 22.9 Å². The van der Waals surface area contributed by atoms with Gasteiger partial charge in [0.25, 0.3) is 0 Å². The van der Waals surface area contributed by atoms with E-state index in [0.717, 1.165) is 0 Å². The second-order valence-electron chi connectivity index (χ2n) is 3.71. The second-order valence-corrected chi connectivity index (χ2v) is 3.71. The molecule has 0 atom stereocenters. The molecule has 0 bridgehead atoms. The molecule has 1 aromatic carbocycles. The Morgan fingerprint density at radius 2 is 2.11 bits per heavy atom. The Balaban J connectivity index is 2.39. The van der Waals surface area contributed by atoms with Gasteiger partial charge in [-0.1, -0.05) is 0 Å². The average molecular weight is 260 g/mol. The Bertz CT molecular complexity index is 613. The summed E-state index contributed by atoms with van der Waals surface area (Å²) in [5, 5.41) is 9.11. The van der Waals surface area contributed by atoms with Crippen LogP contribution in [0.1, 0.15) is 16.2 Å². The van der Waals surface area contributed by atoms with Gasteiger partial charge in [0.15, 0.2) is 0 Å². The first-order valence-corrected chi connectivity index (χ1v) is 5.49. The SMILES string of the molecule is COc1ccc(C(=O)O)c(Oc2ccnc(C)n2)c1. The lowest BCUT2D eigenvalue weighted by molar-refractivity contribution is 0.0694. The second kappa shape index (κ2) is 5.34. The molecule has 0 fully saturated rings. The number of carbonyl (C=O) groups is 1. The lowest BCUT2D eigenvalue weighted by atomic mass is 10.2. The maximum Gasteiger partial charge on any atom is 0.339 e. The van der Waals surface area contributed by atoms with Gasteiger partial charge in [-0.3, -0.25) is 0 Å². The number of aryl methyl sites for hydroxylation is 1. The van der Waals surface area contributed by atoms with Gasteiger partial charge < -0.3 is 14.6 Å². The summed E-state index contributed by atoms with van der Waals surface area (Å²) in [6, 6.07) is 6.03. The van der Waals surface area contributed by atoms with Crippen molar-refractivity contribution in [2.24, 2.45) is 0 Å². The van der Waals surface area contributed by atoms with Crippen molar-refractivity contribution < 1.29 is 19.4 Å². The fourth-order valence-corrected chi connectivity index (χ4v) is 1.49. The molecule has 0 aliphatic heterocycles. The molecule has 1 aromatic heterocycles. The summed E-state index contributed by atoms with van der Waals surface area (Å²) in [5.74, 6) is 0.416. The quantitative estimate of drug-likeness (QED) is 0.908. The molecule has 98 valence electrons. The lowest BCUT2D eigenvalue weighted by Crippen LogP contribution is -2.01. The van der Waals surface area contributed by atoms with Gasteiger partial charge >= 0.3 is 5.97 Å². The highest BCUT2D eigenvalue weighted by Gasteiger charge is 2.14. The molecule has 19 heavy (non-hydrogen) atoms. The van der Waals surface area contributed by atoms with Gasteiger partial charge in [-0.25, -0.2) is 9.78 Å². The van der Waals surface area contributed by atoms with Crippen molar-refractivity contribution in [3.8, 4) is 17.4 Å². The summed E-state index contributed by atoms with van der Waals surface area (Å²) in [7, 11) is 1.49. The molecule has 1 N–H and O–H groups in total. The maximum absolute atomic E-state index is 11.1. The van der Waals surface area contributed by atoms with Crippen LogP contribution in [0.4, 0.5) is 0 Å². The molecule has 1 heterocycles. The molecular formula is C13H12N2O4. The Labute approximate surface area is 109 Å². The van der Waals surface area contributed by atoms with Crippen molar-refractivity contribution in [2.75, 3.05) is 7.11 Å². The van der Waals surface area contributed by atoms with Gasteiger partial charge in [0, 0.05) is 18.3 Å². The molecule has 0 saturated heterocycles. The van der Waals surface area contributed by atoms with Crippen LogP contribution in [-0.4, -0.2) is 28.2 Å². The Morgan fingerprint density at radius 3 is 2.74 bits per heavy atom. The first-order chi connectivity index (χ1) is 9.10. The third-order valence-corrected chi connectivity index (χ3v) is 2.38. The molecule has 0 unspecified atom stereocenters. The van der Waals surface area contributed by atoms with Crippen LogP contribution in [0.2, 0.25) is 0 Å². The minimum atomic E-state index is -1.08. The Morgan fingerprint density at radius 1 is 1.32 bits per heavy atom. The molecule has 0 radical (unpaired) electrons. The van der Waals surface area contributed by atoms with Crippen LogP contribution in [0, 0.1) is 6.92 Å². The van der Waals surface area contributed by atoms with Gasteiger partial charge in [-0.2, -0.15) is 4.98 Å². The number of hydrogen-bond acceptors (Lipinski definition) is 5. The maximum atomic E-state index is 11.1. The van der Waals surface area contributed by atoms with E-state index in [2.05, 4.69) is 9.97 Å². The number of rotatable bonds is 4. The zero-order valence-corrected chi connectivity index (χ0v) is 10.5. The highest BCUT2D eigenvalue weighted by Crippen LogP contribution is 2.28. The van der Waals surface area contributed by atoms with E-state index in [-0.39, 0.29) is 17.2 Å². The minimum Gasteiger partial charge on any atom is -0.497 e. The van der Waals surface area contributed by atoms with Crippen molar-refractivity contribution in [1.82, 2.24) is 9.97 Å². The fourth-order valence-electron chi connectivity index (χ4n) is 1.49. The lowest BCUT2D eigenvalue weighted by Gasteiger charge is -2.09. The summed E-state index contributed by atoms with van der Waals surface area (Å²) in [6.45, 7) is 1.72. The van der Waals surface area contributed by atoms with Crippen LogP contribution >= 0.6 is 0 Å². The zero-order valence-electron chi connectivity index (χ0n) is 10.5. The van der Waals surface area contributed by atoms with Crippen molar-refractivity contribution in [3.05, 3.63) is 41.9 Å². The first-order valence-electron chi connectivity index (χ1n) is 5.49. The highest BCUT2D eigenvalue weighted by atomic mass is 16.5. The average Bonchev–Trinajstić information content (AvgIpc) is 2.38. The number of aromatic carboxylic acids is 1. The van der Waals surface area contributed by atoms with Crippen LogP contribution in [0.3, 0.4) is 0 Å². The summed E-state index contributed by atoms with van der Waals surface area (Å²) in [4.78, 5) is 19.1. The standard InChI is InChI=1S/C13H12N2O4/c1-8-14-6-5-12(15-8)19-11-7-9(18-2)3-4-10(11)13(16)17/h3-7H,1-2H3,(H,16,17). The number of carboxylic acids is 1. The normalized spacial score (nSPS) is 10.0. The van der Waals surface area contributed by atoms with E-state index in [1.54, 1.807) is 19.1 Å². The van der Waals surface area contributed by atoms with Gasteiger partial charge in [-0.15, -0.1) is 0 Å². The van der Waals surface area contributed by atoms with Crippen LogP contribution < -0.4 is 9.47 Å². The number of hydrogen-bond donors (Lipinski definition) is 1. The number of methoxy groups -OCH3 is 1. The number of ether oxygens (including phenoxy) is 2. The molecular weight excluding hydrogens is 248 g/mol. The van der Waals surface area contributed by atoms with Crippen LogP contribution in [0.15, 0.2) is 30.5 Å². The van der Waals surface area contributed by atoms with E-state index in [1.165, 1.54) is 25.4 Å². The zero-order chi connectivity index (χ0) is 13.8. The molecule has 2 aromatic rings. The molecule has 0 spiro atoms. The Kier molecular flexibility index (Phi) is 3.61. The summed E-state index contributed by atoms with van der Waals surface area (Å²) >= 11 is 0. The van der Waals surface area contributed by atoms with E-state index in [0.29, 0.717) is 11.6 Å². The topological polar surface area (TPSA) is 81.5 Å². The molecule has 0 amide bonds. The van der Waals surface area contributed by atoms with Crippen molar-refractivity contribution >= 4 is 5.97 Å². The highest BCUT2D eigenvalue weighted by molar-refractivity contribution is 5.91. The van der Waals surface area contributed by atoms with E-state index in [1.807, 2.05) is 0 Å². The third kappa shape index (κ3) is 2.98. The first kappa shape index (κ1) is 12.8. The number of benzene rings is 1. The van der Waals surface area contributed by atoms with Gasteiger partial charge in [0.05, 0.1) is 7.11 Å². The largest absolute Gasteiger partial charge is 0.497 e. The molecule has 6 nitrogen and oxygen atoms in total. The number of aromatic nitrogens is 2. The third-order valence-electron chi connectivity index (χ3n) is 2.38. The molecule has 6 heteroatoms. The summed E-state index contributed by atoms with van der Waals surface area (Å²) in [6.07, 6.45) is 1.54. The number of carboxylic acid groups (broad SMARTS) is 1. The van der Waals surface area contributed by atoms with Crippen molar-refractivity contribution in [3.63, 3.8) is 0 Å². The van der Waals surface area contributed by atoms with E-state index in [9.17, 15) is 4.79 Å². The molecule has 0 aliphatic carbocycles. The summed E-state index contributed by atoms with van der Waals surface area (Å²) in [5.41, 5.74) is 0.0389. The minimum absolute atomic E-state index is 0.0389. The van der Waals surface area contributed by atoms with Crippen LogP contribution in [0.5, 0.6) is 17.4 Å². The molecule has 0 aliphatic rings. The Hall–Kier alpha value is -2.63. The van der Waals surface area contributed by atoms with Crippen molar-refractivity contribution in [1.29, 1.82) is 0 Å². The van der Waals surface area contributed by atoms with Gasteiger partial charge in [-0.05, 0) is 19.1 Å². The van der Waals surface area contributed by atoms with Crippen molar-refractivity contribution in [2.45, 2.75) is 6.92 Å². The molecule has 2 rings (SSSR count). The van der Waals surface area contributed by atoms with E-state index in [4.69, 9.17) is 14.6 Å². The van der Waals surface area contributed by atoms with Crippen LogP contribution in [-0.2, 0) is 0 Å². The monoisotopic (exact) mass is 260 g/mol. The fraction of sp³-hybridized carbons (Fsp3) is 0.154. The summed E-state index contributed by atoms with van der Waals surface area (Å²) < 4.78 is 10.5. The molecule has 0 saturated carbocycles. The van der Waals surface area contributed by atoms with E-state index < -0.39 is 5.97 Å². The van der Waals surface area contributed by atoms with Crippen LogP contribution in [0.25, 0.3) is 0 Å². The predicted molar refractivity (Wildman–Crippen MR) is 66.8 cm³/mol. The van der Waals surface area contributed by atoms with Gasteiger partial charge in [0.2, 0.25) is 5.88 Å².